The fourth-order valence-electron chi connectivity index (χ4n) is 3.89. The van der Waals surface area contributed by atoms with E-state index in [0.29, 0.717) is 24.7 Å². The Labute approximate surface area is 158 Å². The summed E-state index contributed by atoms with van der Waals surface area (Å²) in [6, 6.07) is 10.7. The van der Waals surface area contributed by atoms with E-state index in [4.69, 9.17) is 11.6 Å². The average molecular weight is 373 g/mol. The Balaban J connectivity index is 1.36. The largest absolute Gasteiger partial charge is 0.336 e. The number of rotatable bonds is 3. The third kappa shape index (κ3) is 3.62. The molecule has 0 N–H and O–H groups in total. The third-order valence-electron chi connectivity index (χ3n) is 5.41. The van der Waals surface area contributed by atoms with Crippen LogP contribution in [0, 0.1) is 5.82 Å². The Hall–Kier alpha value is -1.91. The van der Waals surface area contributed by atoms with E-state index < -0.39 is 0 Å². The fourth-order valence-corrected chi connectivity index (χ4v) is 4.11. The van der Waals surface area contributed by atoms with Gasteiger partial charge in [0.05, 0.1) is 0 Å². The van der Waals surface area contributed by atoms with Crippen LogP contribution in [0.15, 0.2) is 36.4 Å². The van der Waals surface area contributed by atoms with Crippen LogP contribution in [-0.4, -0.2) is 41.9 Å². The summed E-state index contributed by atoms with van der Waals surface area (Å²) in [5, 5.41) is 0.460. The maximum absolute atomic E-state index is 13.2. The molecule has 2 aliphatic rings. The molecule has 1 aliphatic heterocycles. The number of carbonyl (C=O) groups is 1. The van der Waals surface area contributed by atoms with E-state index in [0.717, 1.165) is 37.1 Å². The summed E-state index contributed by atoms with van der Waals surface area (Å²) < 4.78 is 13.2. The van der Waals surface area contributed by atoms with E-state index in [1.807, 2.05) is 11.0 Å². The lowest BCUT2D eigenvalue weighted by Crippen LogP contribution is -2.48. The molecule has 0 unspecified atom stereocenters. The molecule has 4 rings (SSSR count). The molecule has 1 aliphatic carbocycles. The van der Waals surface area contributed by atoms with Crippen LogP contribution in [0.1, 0.15) is 33.5 Å². The van der Waals surface area contributed by atoms with Crippen molar-refractivity contribution in [3.63, 3.8) is 0 Å². The van der Waals surface area contributed by atoms with Crippen LogP contribution in [0.5, 0.6) is 0 Å². The second-order valence-electron chi connectivity index (χ2n) is 7.14. The highest BCUT2D eigenvalue weighted by Gasteiger charge is 2.23. The molecule has 1 fully saturated rings. The van der Waals surface area contributed by atoms with Crippen molar-refractivity contribution in [3.05, 3.63) is 69.5 Å². The number of fused-ring (bicyclic) bond motifs is 1. The minimum absolute atomic E-state index is 0.124. The molecule has 0 saturated carbocycles. The fraction of sp³-hybridized carbons (Fsp3) is 0.381. The zero-order chi connectivity index (χ0) is 18.1. The second-order valence-corrected chi connectivity index (χ2v) is 7.55. The minimum Gasteiger partial charge on any atom is -0.336 e. The van der Waals surface area contributed by atoms with Gasteiger partial charge in [0, 0.05) is 43.3 Å². The Morgan fingerprint density at radius 1 is 1.00 bits per heavy atom. The summed E-state index contributed by atoms with van der Waals surface area (Å²) in [6.45, 7) is 3.68. The molecule has 1 heterocycles. The van der Waals surface area contributed by atoms with Crippen LogP contribution in [0.4, 0.5) is 4.39 Å². The van der Waals surface area contributed by atoms with Gasteiger partial charge in [0.15, 0.2) is 0 Å². The van der Waals surface area contributed by atoms with Gasteiger partial charge < -0.3 is 4.90 Å². The van der Waals surface area contributed by atoms with Gasteiger partial charge in [0.1, 0.15) is 5.82 Å². The molecule has 26 heavy (non-hydrogen) atoms. The number of benzene rings is 2. The van der Waals surface area contributed by atoms with Crippen molar-refractivity contribution in [2.45, 2.75) is 25.8 Å². The molecule has 1 amide bonds. The number of nitrogens with zero attached hydrogens (tertiary/aromatic N) is 2. The molecule has 1 saturated heterocycles. The number of aryl methyl sites for hydroxylation is 2. The SMILES string of the molecule is O=C(c1ccc2c(c1)CCC2)N1CCN(Cc2ccc(F)cc2Cl)CC1. The lowest BCUT2D eigenvalue weighted by Gasteiger charge is -2.35. The summed E-state index contributed by atoms with van der Waals surface area (Å²) in [7, 11) is 0. The molecule has 0 aromatic heterocycles. The summed E-state index contributed by atoms with van der Waals surface area (Å²) in [4.78, 5) is 17.0. The van der Waals surface area contributed by atoms with Crippen LogP contribution >= 0.6 is 11.6 Å². The molecule has 136 valence electrons. The van der Waals surface area contributed by atoms with Crippen molar-refractivity contribution in [3.8, 4) is 0 Å². The maximum atomic E-state index is 13.2. The number of halogens is 2. The van der Waals surface area contributed by atoms with Crippen LogP contribution in [0.2, 0.25) is 5.02 Å². The Kier molecular flexibility index (Phi) is 4.96. The Bertz CT molecular complexity index is 831. The summed E-state index contributed by atoms with van der Waals surface area (Å²) in [5.41, 5.74) is 4.45. The number of piperazine rings is 1. The summed E-state index contributed by atoms with van der Waals surface area (Å²) in [6.07, 6.45) is 3.41. The van der Waals surface area contributed by atoms with Crippen molar-refractivity contribution in [1.82, 2.24) is 9.80 Å². The van der Waals surface area contributed by atoms with Crippen molar-refractivity contribution >= 4 is 17.5 Å². The van der Waals surface area contributed by atoms with E-state index >= 15 is 0 Å². The van der Waals surface area contributed by atoms with Gasteiger partial charge in [-0.1, -0.05) is 23.7 Å². The predicted molar refractivity (Wildman–Crippen MR) is 101 cm³/mol. The zero-order valence-corrected chi connectivity index (χ0v) is 15.4. The molecule has 2 aromatic rings. The highest BCUT2D eigenvalue weighted by molar-refractivity contribution is 6.31. The zero-order valence-electron chi connectivity index (χ0n) is 14.7. The van der Waals surface area contributed by atoms with Gasteiger partial charge in [-0.25, -0.2) is 4.39 Å². The predicted octanol–water partition coefficient (Wildman–Crippen LogP) is 3.93. The number of hydrogen-bond acceptors (Lipinski definition) is 2. The first-order valence-corrected chi connectivity index (χ1v) is 9.55. The van der Waals surface area contributed by atoms with E-state index in [2.05, 4.69) is 17.0 Å². The topological polar surface area (TPSA) is 23.6 Å². The maximum Gasteiger partial charge on any atom is 0.253 e. The van der Waals surface area contributed by atoms with Gasteiger partial charge in [-0.05, 0) is 60.2 Å². The lowest BCUT2D eigenvalue weighted by atomic mass is 10.1. The lowest BCUT2D eigenvalue weighted by molar-refractivity contribution is 0.0628. The molecule has 0 bridgehead atoms. The number of amides is 1. The third-order valence-corrected chi connectivity index (χ3v) is 5.77. The first-order valence-electron chi connectivity index (χ1n) is 9.17. The average Bonchev–Trinajstić information content (AvgIpc) is 3.12. The highest BCUT2D eigenvalue weighted by Crippen LogP contribution is 2.24. The molecule has 2 aromatic carbocycles. The molecule has 3 nitrogen and oxygen atoms in total. The van der Waals surface area contributed by atoms with Gasteiger partial charge in [-0.3, -0.25) is 9.69 Å². The molecule has 0 radical (unpaired) electrons. The minimum atomic E-state index is -0.316. The van der Waals surface area contributed by atoms with E-state index in [1.165, 1.54) is 29.7 Å². The van der Waals surface area contributed by atoms with Crippen LogP contribution < -0.4 is 0 Å². The first kappa shape index (κ1) is 17.5. The molecule has 5 heteroatoms. The standard InChI is InChI=1S/C21H22ClFN2O/c22-20-13-19(23)7-6-18(20)14-24-8-10-25(11-9-24)21(26)17-5-4-15-2-1-3-16(15)12-17/h4-7,12-13H,1-3,8-11,14H2. The van der Waals surface area contributed by atoms with Gasteiger partial charge >= 0.3 is 0 Å². The summed E-state index contributed by atoms with van der Waals surface area (Å²) in [5.74, 6) is -0.192. The molecule has 0 atom stereocenters. The van der Waals surface area contributed by atoms with E-state index in [9.17, 15) is 9.18 Å². The molecular weight excluding hydrogens is 351 g/mol. The van der Waals surface area contributed by atoms with Gasteiger partial charge in [-0.2, -0.15) is 0 Å². The van der Waals surface area contributed by atoms with Gasteiger partial charge in [0.25, 0.3) is 5.91 Å². The monoisotopic (exact) mass is 372 g/mol. The van der Waals surface area contributed by atoms with Gasteiger partial charge in [0.2, 0.25) is 0 Å². The first-order chi connectivity index (χ1) is 12.6. The van der Waals surface area contributed by atoms with Crippen molar-refractivity contribution < 1.29 is 9.18 Å². The van der Waals surface area contributed by atoms with Crippen molar-refractivity contribution in [2.75, 3.05) is 26.2 Å². The van der Waals surface area contributed by atoms with Crippen LogP contribution in [0.3, 0.4) is 0 Å². The van der Waals surface area contributed by atoms with E-state index in [-0.39, 0.29) is 11.7 Å². The van der Waals surface area contributed by atoms with Gasteiger partial charge in [-0.15, -0.1) is 0 Å². The van der Waals surface area contributed by atoms with E-state index in [1.54, 1.807) is 6.07 Å². The van der Waals surface area contributed by atoms with Crippen molar-refractivity contribution in [1.29, 1.82) is 0 Å². The number of carbonyl (C=O) groups excluding carboxylic acids is 1. The highest BCUT2D eigenvalue weighted by atomic mass is 35.5. The molecule has 0 spiro atoms. The number of hydrogen-bond donors (Lipinski definition) is 0. The smallest absolute Gasteiger partial charge is 0.253 e. The van der Waals surface area contributed by atoms with Crippen LogP contribution in [0.25, 0.3) is 0 Å². The normalized spacial score (nSPS) is 17.4. The molecular formula is C21H22ClFN2O. The Morgan fingerprint density at radius 3 is 2.54 bits per heavy atom. The summed E-state index contributed by atoms with van der Waals surface area (Å²) >= 11 is 6.12. The van der Waals surface area contributed by atoms with Crippen LogP contribution in [-0.2, 0) is 19.4 Å². The quantitative estimate of drug-likeness (QED) is 0.815. The second kappa shape index (κ2) is 7.37. The Morgan fingerprint density at radius 2 is 1.77 bits per heavy atom. The van der Waals surface area contributed by atoms with Crippen molar-refractivity contribution in [2.24, 2.45) is 0 Å².